The second kappa shape index (κ2) is 4.26. The van der Waals surface area contributed by atoms with E-state index in [2.05, 4.69) is 11.1 Å². The van der Waals surface area contributed by atoms with Gasteiger partial charge >= 0.3 is 0 Å². The molecule has 0 spiro atoms. The van der Waals surface area contributed by atoms with E-state index >= 15 is 0 Å². The van der Waals surface area contributed by atoms with Gasteiger partial charge in [-0.3, -0.25) is 0 Å². The van der Waals surface area contributed by atoms with Gasteiger partial charge in [-0.15, -0.1) is 0 Å². The molecule has 18 heavy (non-hydrogen) atoms. The molecule has 92 valence electrons. The number of para-hydroxylation sites is 1. The van der Waals surface area contributed by atoms with Crippen molar-refractivity contribution >= 4 is 21.8 Å². The summed E-state index contributed by atoms with van der Waals surface area (Å²) in [6.07, 6.45) is 0.913. The number of benzene rings is 2. The number of hydrogen-bond acceptors (Lipinski definition) is 2. The zero-order valence-electron chi connectivity index (χ0n) is 10.2. The maximum absolute atomic E-state index is 9.92. The van der Waals surface area contributed by atoms with Crippen LogP contribution in [-0.4, -0.2) is 16.7 Å². The van der Waals surface area contributed by atoms with Gasteiger partial charge in [0.1, 0.15) is 0 Å². The number of aromatic hydroxyl groups is 1. The molecule has 3 aromatic rings. The normalized spacial score (nSPS) is 11.2. The summed E-state index contributed by atoms with van der Waals surface area (Å²) < 4.78 is 5.65. The van der Waals surface area contributed by atoms with Crippen LogP contribution in [0.2, 0.25) is 0 Å². The lowest BCUT2D eigenvalue weighted by molar-refractivity contribution is 0.303. The third kappa shape index (κ3) is 1.59. The van der Waals surface area contributed by atoms with E-state index in [1.165, 1.54) is 0 Å². The zero-order chi connectivity index (χ0) is 12.5. The molecule has 0 amide bonds. The van der Waals surface area contributed by atoms with E-state index in [1.54, 1.807) is 6.07 Å². The maximum Gasteiger partial charge on any atom is 0.185 e. The molecule has 0 radical (unpaired) electrons. The summed E-state index contributed by atoms with van der Waals surface area (Å²) in [4.78, 5) is 3.31. The lowest BCUT2D eigenvalue weighted by Gasteiger charge is -2.07. The van der Waals surface area contributed by atoms with Crippen LogP contribution in [0.1, 0.15) is 13.3 Å². The first-order valence-corrected chi connectivity index (χ1v) is 6.16. The number of hydrogen-bond donors (Lipinski definition) is 2. The van der Waals surface area contributed by atoms with Crippen molar-refractivity contribution in [3.05, 3.63) is 36.4 Å². The number of rotatable bonds is 3. The van der Waals surface area contributed by atoms with Crippen LogP contribution in [0, 0.1) is 0 Å². The SMILES string of the molecule is CCCOc1c(O)ccc2c1[nH]c1ccccc12. The van der Waals surface area contributed by atoms with Crippen LogP contribution < -0.4 is 4.74 Å². The second-order valence-corrected chi connectivity index (χ2v) is 4.36. The Labute approximate surface area is 105 Å². The fraction of sp³-hybridized carbons (Fsp3) is 0.200. The first kappa shape index (κ1) is 11.0. The van der Waals surface area contributed by atoms with Gasteiger partial charge in [0.15, 0.2) is 11.5 Å². The lowest BCUT2D eigenvalue weighted by atomic mass is 10.1. The Hall–Kier alpha value is -2.16. The Morgan fingerprint density at radius 2 is 1.94 bits per heavy atom. The molecule has 3 rings (SSSR count). The lowest BCUT2D eigenvalue weighted by Crippen LogP contribution is -1.96. The third-order valence-electron chi connectivity index (χ3n) is 3.06. The second-order valence-electron chi connectivity index (χ2n) is 4.36. The quantitative estimate of drug-likeness (QED) is 0.732. The highest BCUT2D eigenvalue weighted by molar-refractivity contribution is 6.09. The Balaban J connectivity index is 2.29. The predicted octanol–water partition coefficient (Wildman–Crippen LogP) is 3.82. The Bertz CT molecular complexity index is 700. The molecule has 0 unspecified atom stereocenters. The summed E-state index contributed by atoms with van der Waals surface area (Å²) in [7, 11) is 0. The van der Waals surface area contributed by atoms with Gasteiger partial charge in [0.05, 0.1) is 12.1 Å². The highest BCUT2D eigenvalue weighted by Crippen LogP contribution is 2.37. The van der Waals surface area contributed by atoms with Crippen LogP contribution in [0.25, 0.3) is 21.8 Å². The number of ether oxygens (including phenoxy) is 1. The topological polar surface area (TPSA) is 45.2 Å². The molecule has 0 bridgehead atoms. The molecule has 3 heteroatoms. The Morgan fingerprint density at radius 3 is 2.78 bits per heavy atom. The molecule has 0 aliphatic rings. The minimum absolute atomic E-state index is 0.183. The molecule has 1 heterocycles. The van der Waals surface area contributed by atoms with Crippen molar-refractivity contribution in [3.63, 3.8) is 0 Å². The molecule has 3 nitrogen and oxygen atoms in total. The number of aromatic amines is 1. The van der Waals surface area contributed by atoms with Gasteiger partial charge in [0.2, 0.25) is 0 Å². The number of phenols is 1. The minimum atomic E-state index is 0.183. The van der Waals surface area contributed by atoms with Gasteiger partial charge in [0, 0.05) is 16.3 Å². The van der Waals surface area contributed by atoms with Crippen LogP contribution in [0.4, 0.5) is 0 Å². The zero-order valence-corrected chi connectivity index (χ0v) is 10.2. The molecule has 2 N–H and O–H groups in total. The highest BCUT2D eigenvalue weighted by atomic mass is 16.5. The molecule has 0 fully saturated rings. The van der Waals surface area contributed by atoms with E-state index in [9.17, 15) is 5.11 Å². The molecule has 0 saturated carbocycles. The van der Waals surface area contributed by atoms with Crippen LogP contribution in [0.3, 0.4) is 0 Å². The van der Waals surface area contributed by atoms with E-state index in [0.717, 1.165) is 28.2 Å². The van der Waals surface area contributed by atoms with Crippen molar-refractivity contribution in [2.75, 3.05) is 6.61 Å². The summed E-state index contributed by atoms with van der Waals surface area (Å²) in [5.74, 6) is 0.730. The van der Waals surface area contributed by atoms with Crippen molar-refractivity contribution < 1.29 is 9.84 Å². The number of nitrogens with one attached hydrogen (secondary N) is 1. The van der Waals surface area contributed by atoms with Gasteiger partial charge < -0.3 is 14.8 Å². The highest BCUT2D eigenvalue weighted by Gasteiger charge is 2.12. The summed E-state index contributed by atoms with van der Waals surface area (Å²) >= 11 is 0. The molecular weight excluding hydrogens is 226 g/mol. The summed E-state index contributed by atoms with van der Waals surface area (Å²) in [5.41, 5.74) is 1.92. The fourth-order valence-electron chi connectivity index (χ4n) is 2.23. The maximum atomic E-state index is 9.92. The third-order valence-corrected chi connectivity index (χ3v) is 3.06. The summed E-state index contributed by atoms with van der Waals surface area (Å²) in [5, 5.41) is 12.1. The number of fused-ring (bicyclic) bond motifs is 3. The number of H-pyrrole nitrogens is 1. The molecule has 0 aliphatic carbocycles. The van der Waals surface area contributed by atoms with Crippen molar-refractivity contribution in [3.8, 4) is 11.5 Å². The molecule has 1 aromatic heterocycles. The molecule has 0 saturated heterocycles. The van der Waals surface area contributed by atoms with E-state index in [0.29, 0.717) is 12.4 Å². The van der Waals surface area contributed by atoms with Gasteiger partial charge in [-0.25, -0.2) is 0 Å². The van der Waals surface area contributed by atoms with Gasteiger partial charge in [-0.05, 0) is 24.6 Å². The molecule has 2 aromatic carbocycles. The van der Waals surface area contributed by atoms with Crippen molar-refractivity contribution in [1.82, 2.24) is 4.98 Å². The Kier molecular flexibility index (Phi) is 2.59. The largest absolute Gasteiger partial charge is 0.504 e. The number of aromatic nitrogens is 1. The van der Waals surface area contributed by atoms with Crippen LogP contribution in [-0.2, 0) is 0 Å². The average Bonchev–Trinajstić information content (AvgIpc) is 2.76. The van der Waals surface area contributed by atoms with E-state index < -0.39 is 0 Å². The Morgan fingerprint density at radius 1 is 1.11 bits per heavy atom. The van der Waals surface area contributed by atoms with Crippen LogP contribution in [0.5, 0.6) is 11.5 Å². The number of phenolic OH excluding ortho intramolecular Hbond substituents is 1. The summed E-state index contributed by atoms with van der Waals surface area (Å²) in [6.45, 7) is 2.64. The minimum Gasteiger partial charge on any atom is -0.504 e. The average molecular weight is 241 g/mol. The summed E-state index contributed by atoms with van der Waals surface area (Å²) in [6, 6.07) is 11.7. The smallest absolute Gasteiger partial charge is 0.185 e. The van der Waals surface area contributed by atoms with Gasteiger partial charge in [0.25, 0.3) is 0 Å². The molecule has 0 atom stereocenters. The first-order chi connectivity index (χ1) is 8.81. The van der Waals surface area contributed by atoms with Crippen LogP contribution >= 0.6 is 0 Å². The monoisotopic (exact) mass is 241 g/mol. The van der Waals surface area contributed by atoms with Crippen molar-refractivity contribution in [2.45, 2.75) is 13.3 Å². The van der Waals surface area contributed by atoms with E-state index in [-0.39, 0.29) is 5.75 Å². The van der Waals surface area contributed by atoms with E-state index in [4.69, 9.17) is 4.74 Å². The van der Waals surface area contributed by atoms with Crippen LogP contribution in [0.15, 0.2) is 36.4 Å². The van der Waals surface area contributed by atoms with Gasteiger partial charge in [-0.1, -0.05) is 25.1 Å². The van der Waals surface area contributed by atoms with E-state index in [1.807, 2.05) is 31.2 Å². The van der Waals surface area contributed by atoms with Crippen molar-refractivity contribution in [1.29, 1.82) is 0 Å². The van der Waals surface area contributed by atoms with Gasteiger partial charge in [-0.2, -0.15) is 0 Å². The molecular formula is C15H15NO2. The van der Waals surface area contributed by atoms with Crippen molar-refractivity contribution in [2.24, 2.45) is 0 Å². The standard InChI is InChI=1S/C15H15NO2/c1-2-9-18-15-13(17)8-7-11-10-5-3-4-6-12(10)16-14(11)15/h3-8,16-17H,2,9H2,1H3. The fourth-order valence-corrected chi connectivity index (χ4v) is 2.23. The molecule has 0 aliphatic heterocycles. The first-order valence-electron chi connectivity index (χ1n) is 6.16. The predicted molar refractivity (Wildman–Crippen MR) is 73.3 cm³/mol.